The number of para-hydroxylation sites is 1. The summed E-state index contributed by atoms with van der Waals surface area (Å²) < 4.78 is 16.4. The molecular formula is C27H33FNS+. The SMILES string of the molecule is Fc1ccccc1CSc1cc2ccccc2[n+](CCCCCC2CCCCC2)c1. The van der Waals surface area contributed by atoms with Gasteiger partial charge in [0.1, 0.15) is 12.4 Å². The molecule has 4 rings (SSSR count). The van der Waals surface area contributed by atoms with Crippen molar-refractivity contribution in [1.29, 1.82) is 0 Å². The lowest BCUT2D eigenvalue weighted by molar-refractivity contribution is -0.673. The molecule has 0 atom stereocenters. The minimum atomic E-state index is -0.114. The molecule has 1 heterocycles. The van der Waals surface area contributed by atoms with Crippen LogP contribution in [0.4, 0.5) is 4.39 Å². The van der Waals surface area contributed by atoms with Crippen LogP contribution in [0.5, 0.6) is 0 Å². The second-order valence-electron chi connectivity index (χ2n) is 8.66. The Kier molecular flexibility index (Phi) is 7.80. The summed E-state index contributed by atoms with van der Waals surface area (Å²) in [6, 6.07) is 17.9. The molecule has 2 aromatic carbocycles. The molecule has 0 bridgehead atoms. The van der Waals surface area contributed by atoms with Crippen LogP contribution in [0.15, 0.2) is 65.7 Å². The fourth-order valence-corrected chi connectivity index (χ4v) is 5.66. The standard InChI is InChI=1S/C27H33FNS/c28-26-16-8-6-15-24(26)21-30-25-19-23-14-7-9-17-27(23)29(20-25)18-10-2-5-13-22-11-3-1-4-12-22/h6-9,14-17,19-20,22H,1-5,10-13,18,21H2/q+1. The molecule has 0 spiro atoms. The molecule has 1 aliphatic rings. The average Bonchev–Trinajstić information content (AvgIpc) is 2.79. The number of thioether (sulfide) groups is 1. The van der Waals surface area contributed by atoms with Crippen molar-refractivity contribution in [3.63, 3.8) is 0 Å². The number of pyridine rings is 1. The molecule has 3 heteroatoms. The van der Waals surface area contributed by atoms with Gasteiger partial charge in [-0.25, -0.2) is 4.39 Å². The fourth-order valence-electron chi connectivity index (χ4n) is 4.69. The van der Waals surface area contributed by atoms with E-state index in [-0.39, 0.29) is 5.82 Å². The lowest BCUT2D eigenvalue weighted by atomic mass is 9.85. The van der Waals surface area contributed by atoms with Crippen molar-refractivity contribution in [3.8, 4) is 0 Å². The molecular weight excluding hydrogens is 389 g/mol. The van der Waals surface area contributed by atoms with Crippen molar-refractivity contribution in [2.75, 3.05) is 0 Å². The maximum absolute atomic E-state index is 14.0. The van der Waals surface area contributed by atoms with Crippen LogP contribution >= 0.6 is 11.8 Å². The minimum absolute atomic E-state index is 0.114. The lowest BCUT2D eigenvalue weighted by Crippen LogP contribution is -2.34. The van der Waals surface area contributed by atoms with E-state index in [9.17, 15) is 4.39 Å². The summed E-state index contributed by atoms with van der Waals surface area (Å²) in [4.78, 5) is 1.21. The lowest BCUT2D eigenvalue weighted by Gasteiger charge is -2.21. The summed E-state index contributed by atoms with van der Waals surface area (Å²) in [5, 5.41) is 1.26. The first-order valence-corrected chi connectivity index (χ1v) is 12.6. The van der Waals surface area contributed by atoms with Gasteiger partial charge in [-0.1, -0.05) is 75.3 Å². The quantitative estimate of drug-likeness (QED) is 0.194. The molecule has 0 unspecified atom stereocenters. The van der Waals surface area contributed by atoms with E-state index in [1.54, 1.807) is 23.9 Å². The first kappa shape index (κ1) is 21.4. The van der Waals surface area contributed by atoms with E-state index in [2.05, 4.69) is 41.1 Å². The molecule has 0 aliphatic heterocycles. The summed E-state index contributed by atoms with van der Waals surface area (Å²) in [7, 11) is 0. The predicted molar refractivity (Wildman–Crippen MR) is 125 cm³/mol. The van der Waals surface area contributed by atoms with E-state index in [0.717, 1.165) is 18.0 Å². The normalized spacial score (nSPS) is 15.0. The molecule has 158 valence electrons. The van der Waals surface area contributed by atoms with Gasteiger partial charge in [0.2, 0.25) is 5.52 Å². The Labute approximate surface area is 184 Å². The van der Waals surface area contributed by atoms with E-state index in [4.69, 9.17) is 0 Å². The third kappa shape index (κ3) is 5.85. The van der Waals surface area contributed by atoms with Gasteiger partial charge < -0.3 is 0 Å². The van der Waals surface area contributed by atoms with Gasteiger partial charge in [-0.05, 0) is 36.1 Å². The Morgan fingerprint density at radius 2 is 1.70 bits per heavy atom. The third-order valence-corrected chi connectivity index (χ3v) is 7.43. The van der Waals surface area contributed by atoms with Crippen LogP contribution in [0.2, 0.25) is 0 Å². The monoisotopic (exact) mass is 422 g/mol. The number of aromatic nitrogens is 1. The van der Waals surface area contributed by atoms with Crippen LogP contribution in [0.1, 0.15) is 63.4 Å². The number of nitrogens with zero attached hydrogens (tertiary/aromatic N) is 1. The second-order valence-corrected chi connectivity index (χ2v) is 9.71. The number of hydrogen-bond acceptors (Lipinski definition) is 1. The average molecular weight is 423 g/mol. The van der Waals surface area contributed by atoms with Gasteiger partial charge in [-0.3, -0.25) is 0 Å². The Morgan fingerprint density at radius 1 is 0.900 bits per heavy atom. The molecule has 0 radical (unpaired) electrons. The predicted octanol–water partition coefficient (Wildman–Crippen LogP) is 7.70. The van der Waals surface area contributed by atoms with E-state index in [1.165, 1.54) is 73.6 Å². The summed E-state index contributed by atoms with van der Waals surface area (Å²) in [5.41, 5.74) is 2.06. The molecule has 30 heavy (non-hydrogen) atoms. The van der Waals surface area contributed by atoms with E-state index >= 15 is 0 Å². The molecule has 3 aromatic rings. The summed E-state index contributed by atoms with van der Waals surface area (Å²) >= 11 is 1.72. The molecule has 1 aliphatic carbocycles. The maximum atomic E-state index is 14.0. The number of hydrogen-bond donors (Lipinski definition) is 0. The highest BCUT2D eigenvalue weighted by Crippen LogP contribution is 2.28. The van der Waals surface area contributed by atoms with E-state index in [0.29, 0.717) is 5.75 Å². The van der Waals surface area contributed by atoms with Crippen LogP contribution < -0.4 is 4.57 Å². The zero-order chi connectivity index (χ0) is 20.6. The number of benzene rings is 2. The van der Waals surface area contributed by atoms with Gasteiger partial charge in [-0.15, -0.1) is 11.8 Å². The molecule has 0 amide bonds. The summed E-state index contributed by atoms with van der Waals surface area (Å²) in [6.07, 6.45) is 14.8. The number of rotatable bonds is 9. The molecule has 1 fully saturated rings. The van der Waals surface area contributed by atoms with Gasteiger partial charge in [0, 0.05) is 23.6 Å². The van der Waals surface area contributed by atoms with E-state index < -0.39 is 0 Å². The van der Waals surface area contributed by atoms with Crippen LogP contribution in [-0.2, 0) is 12.3 Å². The summed E-state index contributed by atoms with van der Waals surface area (Å²) in [6.45, 7) is 1.05. The maximum Gasteiger partial charge on any atom is 0.212 e. The highest BCUT2D eigenvalue weighted by atomic mass is 32.2. The van der Waals surface area contributed by atoms with Crippen molar-refractivity contribution < 1.29 is 8.96 Å². The number of aryl methyl sites for hydroxylation is 1. The van der Waals surface area contributed by atoms with Gasteiger partial charge in [0.05, 0.1) is 4.90 Å². The van der Waals surface area contributed by atoms with Crippen LogP contribution in [0.25, 0.3) is 10.9 Å². The zero-order valence-corrected chi connectivity index (χ0v) is 18.7. The zero-order valence-electron chi connectivity index (χ0n) is 17.9. The molecule has 1 aromatic heterocycles. The van der Waals surface area contributed by atoms with Crippen LogP contribution in [0, 0.1) is 11.7 Å². The molecule has 0 N–H and O–H groups in total. The van der Waals surface area contributed by atoms with Gasteiger partial charge >= 0.3 is 0 Å². The van der Waals surface area contributed by atoms with Crippen molar-refractivity contribution in [2.24, 2.45) is 5.92 Å². The largest absolute Gasteiger partial charge is 0.212 e. The van der Waals surface area contributed by atoms with Crippen LogP contribution in [-0.4, -0.2) is 0 Å². The number of fused-ring (bicyclic) bond motifs is 1. The smallest absolute Gasteiger partial charge is 0.207 e. The summed E-state index contributed by atoms with van der Waals surface area (Å²) in [5.74, 6) is 1.54. The molecule has 0 saturated heterocycles. The van der Waals surface area contributed by atoms with Gasteiger partial charge in [0.25, 0.3) is 0 Å². The van der Waals surface area contributed by atoms with Gasteiger partial charge in [0.15, 0.2) is 6.20 Å². The first-order chi connectivity index (χ1) is 14.8. The Bertz CT molecular complexity index is 949. The Balaban J connectivity index is 1.37. The highest BCUT2D eigenvalue weighted by Gasteiger charge is 2.14. The number of halogens is 1. The Hall–Kier alpha value is -1.87. The molecule has 1 nitrogen and oxygen atoms in total. The Morgan fingerprint density at radius 3 is 2.57 bits per heavy atom. The molecule has 1 saturated carbocycles. The van der Waals surface area contributed by atoms with Crippen LogP contribution in [0.3, 0.4) is 0 Å². The first-order valence-electron chi connectivity index (χ1n) is 11.6. The fraction of sp³-hybridized carbons (Fsp3) is 0.444. The topological polar surface area (TPSA) is 3.88 Å². The van der Waals surface area contributed by atoms with E-state index in [1.807, 2.05) is 12.1 Å². The minimum Gasteiger partial charge on any atom is -0.207 e. The van der Waals surface area contributed by atoms with Crippen molar-refractivity contribution in [1.82, 2.24) is 0 Å². The van der Waals surface area contributed by atoms with Crippen molar-refractivity contribution >= 4 is 22.7 Å². The third-order valence-electron chi connectivity index (χ3n) is 6.42. The van der Waals surface area contributed by atoms with Crippen molar-refractivity contribution in [3.05, 3.63) is 72.2 Å². The second kappa shape index (κ2) is 10.9. The van der Waals surface area contributed by atoms with Crippen molar-refractivity contribution in [2.45, 2.75) is 75.0 Å². The number of unbranched alkanes of at least 4 members (excludes halogenated alkanes) is 2. The highest BCUT2D eigenvalue weighted by molar-refractivity contribution is 7.98. The van der Waals surface area contributed by atoms with Gasteiger partial charge in [-0.2, -0.15) is 4.57 Å².